The van der Waals surface area contributed by atoms with Gasteiger partial charge in [0.2, 0.25) is 11.8 Å². The van der Waals surface area contributed by atoms with Crippen molar-refractivity contribution in [2.45, 2.75) is 46.7 Å². The summed E-state index contributed by atoms with van der Waals surface area (Å²) < 4.78 is 0. The van der Waals surface area contributed by atoms with Gasteiger partial charge in [-0.15, -0.1) is 11.8 Å². The van der Waals surface area contributed by atoms with Crippen molar-refractivity contribution in [2.75, 3.05) is 11.6 Å². The second kappa shape index (κ2) is 7.34. The molecule has 1 aromatic rings. The van der Waals surface area contributed by atoms with Crippen molar-refractivity contribution >= 4 is 23.6 Å². The van der Waals surface area contributed by atoms with E-state index in [4.69, 9.17) is 0 Å². The monoisotopic (exact) mass is 335 g/mol. The number of aryl methyl sites for hydroxylation is 1. The SMILES string of the molecule is Cc1ccc(CNC(=O)[C@H]2CSCN2C(=O)CC(C)(C)C)cn1. The van der Waals surface area contributed by atoms with Crippen LogP contribution in [0.5, 0.6) is 0 Å². The number of amides is 2. The van der Waals surface area contributed by atoms with Gasteiger partial charge in [0.05, 0.1) is 5.88 Å². The van der Waals surface area contributed by atoms with Crippen molar-refractivity contribution in [1.29, 1.82) is 0 Å². The second-order valence-corrected chi connectivity index (χ2v) is 8.14. The number of thioether (sulfide) groups is 1. The van der Waals surface area contributed by atoms with Gasteiger partial charge in [-0.1, -0.05) is 26.8 Å². The van der Waals surface area contributed by atoms with Crippen LogP contribution in [0.1, 0.15) is 38.4 Å². The van der Waals surface area contributed by atoms with E-state index in [1.54, 1.807) is 22.9 Å². The highest BCUT2D eigenvalue weighted by Gasteiger charge is 2.35. The fourth-order valence-electron chi connectivity index (χ4n) is 2.37. The molecule has 0 aliphatic carbocycles. The molecule has 1 aromatic heterocycles. The van der Waals surface area contributed by atoms with Gasteiger partial charge in [-0.05, 0) is 24.0 Å². The van der Waals surface area contributed by atoms with Crippen LogP contribution in [0, 0.1) is 12.3 Å². The fraction of sp³-hybridized carbons (Fsp3) is 0.588. The molecule has 0 unspecified atom stereocenters. The van der Waals surface area contributed by atoms with Gasteiger partial charge < -0.3 is 10.2 Å². The summed E-state index contributed by atoms with van der Waals surface area (Å²) in [7, 11) is 0. The minimum atomic E-state index is -0.367. The topological polar surface area (TPSA) is 62.3 Å². The number of hydrogen-bond acceptors (Lipinski definition) is 4. The highest BCUT2D eigenvalue weighted by atomic mass is 32.2. The average molecular weight is 335 g/mol. The lowest BCUT2D eigenvalue weighted by atomic mass is 9.91. The van der Waals surface area contributed by atoms with E-state index in [2.05, 4.69) is 10.3 Å². The molecule has 6 heteroatoms. The Labute approximate surface area is 142 Å². The molecule has 1 aliphatic heterocycles. The van der Waals surface area contributed by atoms with Crippen molar-refractivity contribution < 1.29 is 9.59 Å². The lowest BCUT2D eigenvalue weighted by Crippen LogP contribution is -2.47. The fourth-order valence-corrected chi connectivity index (χ4v) is 3.55. The quantitative estimate of drug-likeness (QED) is 0.917. The molecule has 2 heterocycles. The second-order valence-electron chi connectivity index (χ2n) is 7.14. The van der Waals surface area contributed by atoms with E-state index >= 15 is 0 Å². The number of pyridine rings is 1. The van der Waals surface area contributed by atoms with E-state index < -0.39 is 0 Å². The molecule has 0 aromatic carbocycles. The molecule has 1 fully saturated rings. The first kappa shape index (κ1) is 17.8. The Morgan fingerprint density at radius 2 is 2.13 bits per heavy atom. The van der Waals surface area contributed by atoms with Crippen LogP contribution < -0.4 is 5.32 Å². The van der Waals surface area contributed by atoms with Crippen LogP contribution in [-0.2, 0) is 16.1 Å². The zero-order valence-corrected chi connectivity index (χ0v) is 15.1. The van der Waals surface area contributed by atoms with Crippen molar-refractivity contribution in [1.82, 2.24) is 15.2 Å². The summed E-state index contributed by atoms with van der Waals surface area (Å²) in [5.74, 6) is 1.23. The first-order valence-electron chi connectivity index (χ1n) is 7.83. The summed E-state index contributed by atoms with van der Waals surface area (Å²) in [5.41, 5.74) is 1.84. The zero-order chi connectivity index (χ0) is 17.0. The standard InChI is InChI=1S/C17H25N3O2S/c1-12-5-6-13(8-18-12)9-19-16(22)14-10-23-11-20(14)15(21)7-17(2,3)4/h5-6,8,14H,7,9-11H2,1-4H3,(H,19,22)/t14-/m1/s1. The Hall–Kier alpha value is -1.56. The van der Waals surface area contributed by atoms with Gasteiger partial charge >= 0.3 is 0 Å². The third-order valence-corrected chi connectivity index (χ3v) is 4.64. The number of carbonyl (C=O) groups is 2. The molecule has 0 radical (unpaired) electrons. The van der Waals surface area contributed by atoms with Gasteiger partial charge in [0.25, 0.3) is 0 Å². The zero-order valence-electron chi connectivity index (χ0n) is 14.3. The molecular weight excluding hydrogens is 310 g/mol. The maximum atomic E-state index is 12.4. The van der Waals surface area contributed by atoms with Crippen molar-refractivity contribution in [2.24, 2.45) is 5.41 Å². The largest absolute Gasteiger partial charge is 0.350 e. The first-order chi connectivity index (χ1) is 10.8. The molecule has 5 nitrogen and oxygen atoms in total. The van der Waals surface area contributed by atoms with Gasteiger partial charge in [0, 0.05) is 30.6 Å². The molecule has 0 bridgehead atoms. The molecule has 0 saturated carbocycles. The van der Waals surface area contributed by atoms with E-state index in [-0.39, 0.29) is 23.3 Å². The summed E-state index contributed by atoms with van der Waals surface area (Å²) in [6.45, 7) is 8.47. The Bertz CT molecular complexity index is 566. The van der Waals surface area contributed by atoms with Crippen LogP contribution in [0.3, 0.4) is 0 Å². The van der Waals surface area contributed by atoms with Gasteiger partial charge in [-0.2, -0.15) is 0 Å². The van der Waals surface area contributed by atoms with Crippen LogP contribution >= 0.6 is 11.8 Å². The highest BCUT2D eigenvalue weighted by molar-refractivity contribution is 7.99. The number of aromatic nitrogens is 1. The highest BCUT2D eigenvalue weighted by Crippen LogP contribution is 2.26. The van der Waals surface area contributed by atoms with Crippen LogP contribution in [0.15, 0.2) is 18.3 Å². The van der Waals surface area contributed by atoms with Gasteiger partial charge in [0.1, 0.15) is 6.04 Å². The maximum Gasteiger partial charge on any atom is 0.243 e. The third kappa shape index (κ3) is 5.23. The van der Waals surface area contributed by atoms with Crippen molar-refractivity contribution in [3.8, 4) is 0 Å². The molecule has 1 aliphatic rings. The number of nitrogens with one attached hydrogen (secondary N) is 1. The number of nitrogens with zero attached hydrogens (tertiary/aromatic N) is 2. The smallest absolute Gasteiger partial charge is 0.243 e. The molecule has 126 valence electrons. The predicted octanol–water partition coefficient (Wildman–Crippen LogP) is 2.34. The Balaban J connectivity index is 1.92. The summed E-state index contributed by atoms with van der Waals surface area (Å²) in [6.07, 6.45) is 2.22. The maximum absolute atomic E-state index is 12.4. The predicted molar refractivity (Wildman–Crippen MR) is 92.9 cm³/mol. The van der Waals surface area contributed by atoms with Crippen molar-refractivity contribution in [3.63, 3.8) is 0 Å². The van der Waals surface area contributed by atoms with E-state index in [1.807, 2.05) is 39.8 Å². The number of carbonyl (C=O) groups excluding carboxylic acids is 2. The molecule has 23 heavy (non-hydrogen) atoms. The van der Waals surface area contributed by atoms with E-state index in [0.717, 1.165) is 11.3 Å². The summed E-state index contributed by atoms with van der Waals surface area (Å²) in [5, 5.41) is 2.92. The molecule has 1 saturated heterocycles. The third-order valence-electron chi connectivity index (χ3n) is 3.63. The Morgan fingerprint density at radius 3 is 2.74 bits per heavy atom. The summed E-state index contributed by atoms with van der Waals surface area (Å²) in [6, 6.07) is 3.51. The van der Waals surface area contributed by atoms with Gasteiger partial charge in [0.15, 0.2) is 0 Å². The lowest BCUT2D eigenvalue weighted by Gasteiger charge is -2.26. The van der Waals surface area contributed by atoms with Gasteiger partial charge in [-0.3, -0.25) is 14.6 Å². The summed E-state index contributed by atoms with van der Waals surface area (Å²) >= 11 is 1.63. The van der Waals surface area contributed by atoms with Crippen LogP contribution in [0.4, 0.5) is 0 Å². The molecule has 2 rings (SSSR count). The molecule has 1 N–H and O–H groups in total. The minimum Gasteiger partial charge on any atom is -0.350 e. The van der Waals surface area contributed by atoms with E-state index in [1.165, 1.54) is 0 Å². The number of hydrogen-bond donors (Lipinski definition) is 1. The Kier molecular flexibility index (Phi) is 5.68. The summed E-state index contributed by atoms with van der Waals surface area (Å²) in [4.78, 5) is 30.8. The van der Waals surface area contributed by atoms with Crippen LogP contribution in [-0.4, -0.2) is 39.4 Å². The normalized spacial score (nSPS) is 18.1. The molecular formula is C17H25N3O2S. The molecule has 1 atom stereocenters. The van der Waals surface area contributed by atoms with Crippen LogP contribution in [0.25, 0.3) is 0 Å². The average Bonchev–Trinajstić information content (AvgIpc) is 2.94. The van der Waals surface area contributed by atoms with Gasteiger partial charge in [-0.25, -0.2) is 0 Å². The Morgan fingerprint density at radius 1 is 1.39 bits per heavy atom. The van der Waals surface area contributed by atoms with Crippen LogP contribution in [0.2, 0.25) is 0 Å². The lowest BCUT2D eigenvalue weighted by molar-refractivity contribution is -0.139. The molecule has 0 spiro atoms. The van der Waals surface area contributed by atoms with E-state index in [0.29, 0.717) is 24.6 Å². The molecule has 2 amide bonds. The van der Waals surface area contributed by atoms with E-state index in [9.17, 15) is 9.59 Å². The minimum absolute atomic E-state index is 0.0552. The van der Waals surface area contributed by atoms with Crippen molar-refractivity contribution in [3.05, 3.63) is 29.6 Å². The number of rotatable bonds is 4. The first-order valence-corrected chi connectivity index (χ1v) is 8.98.